The standard InChI is InChI=1S/C10H13NO2S/c1-6-7(14-5-11-6)10(8(12)13)4-9(10,2)3/h5H,4H2,1-3H3,(H,12,13). The lowest BCUT2D eigenvalue weighted by Crippen LogP contribution is -2.25. The molecule has 1 heterocycles. The highest BCUT2D eigenvalue weighted by molar-refractivity contribution is 7.10. The highest BCUT2D eigenvalue weighted by Gasteiger charge is 2.69. The lowest BCUT2D eigenvalue weighted by atomic mass is 9.93. The number of hydrogen-bond donors (Lipinski definition) is 1. The van der Waals surface area contributed by atoms with Crippen molar-refractivity contribution < 1.29 is 9.90 Å². The van der Waals surface area contributed by atoms with Crippen LogP contribution in [0.5, 0.6) is 0 Å². The molecule has 0 aromatic carbocycles. The molecule has 3 nitrogen and oxygen atoms in total. The van der Waals surface area contributed by atoms with E-state index in [1.165, 1.54) is 11.3 Å². The molecular formula is C10H13NO2S. The molecular weight excluding hydrogens is 198 g/mol. The highest BCUT2D eigenvalue weighted by atomic mass is 32.1. The van der Waals surface area contributed by atoms with E-state index in [9.17, 15) is 9.90 Å². The van der Waals surface area contributed by atoms with Gasteiger partial charge in [-0.05, 0) is 18.8 Å². The van der Waals surface area contributed by atoms with E-state index in [0.29, 0.717) is 0 Å². The molecule has 1 saturated carbocycles. The van der Waals surface area contributed by atoms with Gasteiger partial charge >= 0.3 is 5.97 Å². The van der Waals surface area contributed by atoms with Crippen molar-refractivity contribution in [2.24, 2.45) is 5.41 Å². The van der Waals surface area contributed by atoms with Gasteiger partial charge in [0.1, 0.15) is 5.41 Å². The number of aliphatic carboxylic acids is 1. The third-order valence-corrected chi connectivity index (χ3v) is 4.33. The summed E-state index contributed by atoms with van der Waals surface area (Å²) in [6, 6.07) is 0. The summed E-state index contributed by atoms with van der Waals surface area (Å²) in [5.74, 6) is -0.713. The maximum atomic E-state index is 11.3. The third kappa shape index (κ3) is 0.974. The molecule has 0 bridgehead atoms. The molecule has 1 N–H and O–H groups in total. The van der Waals surface area contributed by atoms with Crippen LogP contribution in [0.4, 0.5) is 0 Å². The molecule has 2 rings (SSSR count). The predicted molar refractivity (Wildman–Crippen MR) is 54.6 cm³/mol. The third-order valence-electron chi connectivity index (χ3n) is 3.24. The molecule has 1 aromatic rings. The first-order valence-electron chi connectivity index (χ1n) is 4.56. The number of nitrogens with zero attached hydrogens (tertiary/aromatic N) is 1. The molecule has 1 fully saturated rings. The van der Waals surface area contributed by atoms with Crippen LogP contribution >= 0.6 is 11.3 Å². The van der Waals surface area contributed by atoms with Gasteiger partial charge in [-0.25, -0.2) is 4.98 Å². The van der Waals surface area contributed by atoms with Gasteiger partial charge in [-0.2, -0.15) is 0 Å². The Morgan fingerprint density at radius 3 is 2.50 bits per heavy atom. The first-order chi connectivity index (χ1) is 6.42. The summed E-state index contributed by atoms with van der Waals surface area (Å²) in [4.78, 5) is 16.4. The van der Waals surface area contributed by atoms with Crippen molar-refractivity contribution >= 4 is 17.3 Å². The number of carboxylic acids is 1. The molecule has 1 atom stereocenters. The molecule has 0 amide bonds. The maximum absolute atomic E-state index is 11.3. The van der Waals surface area contributed by atoms with Crippen LogP contribution in [-0.4, -0.2) is 16.1 Å². The minimum atomic E-state index is -0.713. The second-order valence-electron chi connectivity index (χ2n) is 4.54. The Kier molecular flexibility index (Phi) is 1.77. The molecule has 0 saturated heterocycles. The Balaban J connectivity index is 2.52. The molecule has 1 aliphatic rings. The monoisotopic (exact) mass is 211 g/mol. The molecule has 1 unspecified atom stereocenters. The Bertz CT molecular complexity index is 397. The smallest absolute Gasteiger partial charge is 0.315 e. The molecule has 14 heavy (non-hydrogen) atoms. The van der Waals surface area contributed by atoms with Gasteiger partial charge in [-0.1, -0.05) is 13.8 Å². The second kappa shape index (κ2) is 2.57. The molecule has 0 aliphatic heterocycles. The number of aromatic nitrogens is 1. The van der Waals surface area contributed by atoms with Gasteiger partial charge < -0.3 is 5.11 Å². The quantitative estimate of drug-likeness (QED) is 0.816. The Labute approximate surface area is 86.8 Å². The molecule has 0 spiro atoms. The SMILES string of the molecule is Cc1ncsc1C1(C(=O)O)CC1(C)C. The van der Waals surface area contributed by atoms with Gasteiger partial charge in [0.05, 0.1) is 11.2 Å². The summed E-state index contributed by atoms with van der Waals surface area (Å²) < 4.78 is 0. The van der Waals surface area contributed by atoms with Crippen LogP contribution < -0.4 is 0 Å². The minimum Gasteiger partial charge on any atom is -0.481 e. The molecule has 1 aromatic heterocycles. The minimum absolute atomic E-state index is 0.129. The lowest BCUT2D eigenvalue weighted by molar-refractivity contribution is -0.140. The van der Waals surface area contributed by atoms with Gasteiger partial charge in [0, 0.05) is 4.88 Å². The van der Waals surface area contributed by atoms with Crippen LogP contribution in [0.1, 0.15) is 30.8 Å². The molecule has 0 radical (unpaired) electrons. The van der Waals surface area contributed by atoms with E-state index in [-0.39, 0.29) is 5.41 Å². The summed E-state index contributed by atoms with van der Waals surface area (Å²) >= 11 is 1.46. The van der Waals surface area contributed by atoms with Crippen LogP contribution in [0, 0.1) is 12.3 Å². The van der Waals surface area contributed by atoms with Gasteiger partial charge in [-0.15, -0.1) is 11.3 Å². The fourth-order valence-corrected chi connectivity index (χ4v) is 3.36. The second-order valence-corrected chi connectivity index (χ2v) is 5.39. The average Bonchev–Trinajstić information content (AvgIpc) is 2.44. The molecule has 4 heteroatoms. The highest BCUT2D eigenvalue weighted by Crippen LogP contribution is 2.65. The summed E-state index contributed by atoms with van der Waals surface area (Å²) in [7, 11) is 0. The Hall–Kier alpha value is -0.900. The van der Waals surface area contributed by atoms with Crippen LogP contribution in [0.3, 0.4) is 0 Å². The van der Waals surface area contributed by atoms with Gasteiger partial charge in [0.25, 0.3) is 0 Å². The molecule has 76 valence electrons. The van der Waals surface area contributed by atoms with Crippen molar-refractivity contribution in [1.82, 2.24) is 4.98 Å². The summed E-state index contributed by atoms with van der Waals surface area (Å²) in [5, 5.41) is 9.31. The summed E-state index contributed by atoms with van der Waals surface area (Å²) in [5.41, 5.74) is 1.79. The number of carboxylic acid groups (broad SMARTS) is 1. The fraction of sp³-hybridized carbons (Fsp3) is 0.600. The van der Waals surface area contributed by atoms with Crippen molar-refractivity contribution in [3.8, 4) is 0 Å². The Morgan fingerprint density at radius 2 is 2.21 bits per heavy atom. The van der Waals surface area contributed by atoms with Gasteiger partial charge in [-0.3, -0.25) is 4.79 Å². The van der Waals surface area contributed by atoms with E-state index in [1.54, 1.807) is 5.51 Å². The van der Waals surface area contributed by atoms with Crippen molar-refractivity contribution in [3.05, 3.63) is 16.1 Å². The molecule has 1 aliphatic carbocycles. The van der Waals surface area contributed by atoms with Crippen molar-refractivity contribution in [3.63, 3.8) is 0 Å². The van der Waals surface area contributed by atoms with E-state index < -0.39 is 11.4 Å². The van der Waals surface area contributed by atoms with Crippen LogP contribution in [0.2, 0.25) is 0 Å². The lowest BCUT2D eigenvalue weighted by Gasteiger charge is -2.14. The van der Waals surface area contributed by atoms with E-state index in [4.69, 9.17) is 0 Å². The summed E-state index contributed by atoms with van der Waals surface area (Å²) in [6.07, 6.45) is 0.721. The van der Waals surface area contributed by atoms with E-state index in [1.807, 2.05) is 20.8 Å². The zero-order valence-electron chi connectivity index (χ0n) is 8.50. The van der Waals surface area contributed by atoms with Crippen LogP contribution in [-0.2, 0) is 10.2 Å². The van der Waals surface area contributed by atoms with E-state index in [2.05, 4.69) is 4.98 Å². The van der Waals surface area contributed by atoms with E-state index in [0.717, 1.165) is 17.0 Å². The normalized spacial score (nSPS) is 28.8. The van der Waals surface area contributed by atoms with Crippen molar-refractivity contribution in [2.75, 3.05) is 0 Å². The first-order valence-corrected chi connectivity index (χ1v) is 5.44. The average molecular weight is 211 g/mol. The van der Waals surface area contributed by atoms with Crippen molar-refractivity contribution in [1.29, 1.82) is 0 Å². The van der Waals surface area contributed by atoms with Gasteiger partial charge in [0.15, 0.2) is 0 Å². The Morgan fingerprint density at radius 1 is 1.64 bits per heavy atom. The number of thiazole rings is 1. The van der Waals surface area contributed by atoms with Gasteiger partial charge in [0.2, 0.25) is 0 Å². The zero-order valence-corrected chi connectivity index (χ0v) is 9.31. The number of hydrogen-bond acceptors (Lipinski definition) is 3. The number of carbonyl (C=O) groups is 1. The number of aryl methyl sites for hydroxylation is 1. The van der Waals surface area contributed by atoms with E-state index >= 15 is 0 Å². The largest absolute Gasteiger partial charge is 0.481 e. The maximum Gasteiger partial charge on any atom is 0.315 e. The van der Waals surface area contributed by atoms with Crippen LogP contribution in [0.25, 0.3) is 0 Å². The first kappa shape index (κ1) is 9.65. The topological polar surface area (TPSA) is 50.2 Å². The number of rotatable bonds is 2. The van der Waals surface area contributed by atoms with Crippen molar-refractivity contribution in [2.45, 2.75) is 32.6 Å². The predicted octanol–water partition coefficient (Wildman–Crippen LogP) is 2.20. The van der Waals surface area contributed by atoms with Crippen LogP contribution in [0.15, 0.2) is 5.51 Å². The zero-order chi connectivity index (χ0) is 10.6. The fourth-order valence-electron chi connectivity index (χ4n) is 2.18. The summed E-state index contributed by atoms with van der Waals surface area (Å²) in [6.45, 7) is 5.88.